The Hall–Kier alpha value is -4.03. The zero-order valence-corrected chi connectivity index (χ0v) is 29.7. The molecule has 1 unspecified atom stereocenters. The lowest BCUT2D eigenvalue weighted by Crippen LogP contribution is -2.52. The van der Waals surface area contributed by atoms with Crippen LogP contribution < -0.4 is 14.8 Å². The molecule has 6 rings (SSSR count). The Morgan fingerprint density at radius 2 is 1.76 bits per heavy atom. The minimum atomic E-state index is -3.08. The third kappa shape index (κ3) is 9.85. The first kappa shape index (κ1) is 38.2. The number of hydrogen-bond donors (Lipinski definition) is 1. The zero-order valence-electron chi connectivity index (χ0n) is 28.2. The van der Waals surface area contributed by atoms with Crippen LogP contribution in [0.25, 0.3) is 0 Å². The quantitative estimate of drug-likeness (QED) is 0.123. The van der Waals surface area contributed by atoms with Crippen LogP contribution in [0, 0.1) is 11.7 Å². The van der Waals surface area contributed by atoms with Crippen molar-refractivity contribution in [3.05, 3.63) is 117 Å². The number of benzene rings is 3. The standard InChI is InChI=1S/C38H39Cl2F3N2O6/c1-22(39)29(23(2)40)19-32(26-11-12-31(51-38(42)43)33(18-26)48-3)49-36(46)27-8-6-7-24(17-27)20-44-35(28-9-4-5-10-30(28)41)37(47)50-34-21-45-15-13-25(34)14-16-45/h4-12,17-18,25,32,34-35,38,44H,1,13-16,19-21H2,2-3H3/b29-23+/t32-,34-,35?/m0/s1. The van der Waals surface area contributed by atoms with Crippen LogP contribution in [0.15, 0.2) is 88.9 Å². The topological polar surface area (TPSA) is 86.3 Å². The van der Waals surface area contributed by atoms with Crippen molar-refractivity contribution < 1.29 is 41.7 Å². The Bertz CT molecular complexity index is 1760. The molecule has 3 aliphatic rings. The van der Waals surface area contributed by atoms with Gasteiger partial charge in [0.25, 0.3) is 0 Å². The van der Waals surface area contributed by atoms with Gasteiger partial charge in [0.05, 0.1) is 12.7 Å². The second-order valence-corrected chi connectivity index (χ2v) is 13.5. The third-order valence-corrected chi connectivity index (χ3v) is 9.60. The van der Waals surface area contributed by atoms with Crippen molar-refractivity contribution in [1.29, 1.82) is 0 Å². The molecule has 13 heteroatoms. The van der Waals surface area contributed by atoms with Crippen molar-refractivity contribution >= 4 is 35.1 Å². The third-order valence-electron chi connectivity index (χ3n) is 9.15. The van der Waals surface area contributed by atoms with E-state index in [2.05, 4.69) is 21.5 Å². The van der Waals surface area contributed by atoms with Gasteiger partial charge in [-0.3, -0.25) is 10.2 Å². The molecule has 51 heavy (non-hydrogen) atoms. The van der Waals surface area contributed by atoms with Gasteiger partial charge in [-0.2, -0.15) is 8.78 Å². The zero-order chi connectivity index (χ0) is 36.7. The number of alkyl halides is 2. The van der Waals surface area contributed by atoms with Crippen molar-refractivity contribution in [2.24, 2.45) is 5.92 Å². The molecule has 3 heterocycles. The maximum Gasteiger partial charge on any atom is 0.387 e. The summed E-state index contributed by atoms with van der Waals surface area (Å²) in [5, 5.41) is 3.60. The second-order valence-electron chi connectivity index (χ2n) is 12.5. The number of allylic oxidation sites excluding steroid dienone is 2. The molecule has 3 saturated heterocycles. The molecule has 0 aliphatic carbocycles. The van der Waals surface area contributed by atoms with Gasteiger partial charge in [-0.1, -0.05) is 66.2 Å². The maximum absolute atomic E-state index is 15.0. The van der Waals surface area contributed by atoms with E-state index in [4.69, 9.17) is 37.4 Å². The molecule has 3 aliphatic heterocycles. The largest absolute Gasteiger partial charge is 0.493 e. The maximum atomic E-state index is 15.0. The van der Waals surface area contributed by atoms with Crippen molar-refractivity contribution in [3.63, 3.8) is 0 Å². The summed E-state index contributed by atoms with van der Waals surface area (Å²) in [7, 11) is 1.29. The number of carbonyl (C=O) groups is 2. The highest BCUT2D eigenvalue weighted by atomic mass is 35.5. The van der Waals surface area contributed by atoms with Crippen molar-refractivity contribution in [1.82, 2.24) is 10.2 Å². The smallest absolute Gasteiger partial charge is 0.387 e. The highest BCUT2D eigenvalue weighted by Crippen LogP contribution is 2.38. The average Bonchev–Trinajstić information content (AvgIpc) is 3.11. The summed E-state index contributed by atoms with van der Waals surface area (Å²) in [6.45, 7) is 5.01. The lowest BCUT2D eigenvalue weighted by Gasteiger charge is -2.44. The predicted molar refractivity (Wildman–Crippen MR) is 187 cm³/mol. The number of hydrogen-bond acceptors (Lipinski definition) is 8. The van der Waals surface area contributed by atoms with E-state index >= 15 is 4.39 Å². The van der Waals surface area contributed by atoms with E-state index in [0.717, 1.165) is 25.9 Å². The van der Waals surface area contributed by atoms with Crippen LogP contribution in [0.1, 0.15) is 65.4 Å². The summed E-state index contributed by atoms with van der Waals surface area (Å²) in [6, 6.07) is 15.7. The number of halogens is 5. The van der Waals surface area contributed by atoms with Crippen LogP contribution in [-0.4, -0.2) is 56.3 Å². The number of esters is 2. The molecule has 0 radical (unpaired) electrons. The monoisotopic (exact) mass is 746 g/mol. The van der Waals surface area contributed by atoms with Gasteiger partial charge >= 0.3 is 18.6 Å². The molecule has 0 spiro atoms. The minimum absolute atomic E-state index is 0.00354. The number of methoxy groups -OCH3 is 1. The van der Waals surface area contributed by atoms with Crippen LogP contribution in [0.5, 0.6) is 11.5 Å². The fourth-order valence-corrected chi connectivity index (χ4v) is 6.90. The number of ether oxygens (including phenoxy) is 4. The molecule has 0 amide bonds. The van der Waals surface area contributed by atoms with Crippen LogP contribution >= 0.6 is 23.2 Å². The lowest BCUT2D eigenvalue weighted by molar-refractivity contribution is -0.161. The summed E-state index contributed by atoms with van der Waals surface area (Å²) in [4.78, 5) is 29.5. The van der Waals surface area contributed by atoms with Gasteiger partial charge in [0.1, 0.15) is 24.1 Å². The lowest BCUT2D eigenvalue weighted by atomic mass is 9.86. The number of piperidine rings is 3. The highest BCUT2D eigenvalue weighted by Gasteiger charge is 2.38. The van der Waals surface area contributed by atoms with Gasteiger partial charge in [-0.05, 0) is 85.8 Å². The van der Waals surface area contributed by atoms with Gasteiger partial charge in [0.2, 0.25) is 0 Å². The van der Waals surface area contributed by atoms with E-state index in [-0.39, 0.29) is 52.6 Å². The molecule has 0 aromatic heterocycles. The van der Waals surface area contributed by atoms with Gasteiger partial charge in [0.15, 0.2) is 11.5 Å². The summed E-state index contributed by atoms with van der Waals surface area (Å²) in [6.07, 6.45) is 0.655. The van der Waals surface area contributed by atoms with E-state index in [0.29, 0.717) is 28.3 Å². The molecule has 3 atom stereocenters. The van der Waals surface area contributed by atoms with E-state index in [1.54, 1.807) is 49.4 Å². The van der Waals surface area contributed by atoms with Crippen molar-refractivity contribution in [2.75, 3.05) is 26.7 Å². The summed E-state index contributed by atoms with van der Waals surface area (Å²) < 4.78 is 62.7. The molecular formula is C38H39Cl2F3N2O6. The Morgan fingerprint density at radius 1 is 1.02 bits per heavy atom. The first-order chi connectivity index (χ1) is 24.4. The van der Waals surface area contributed by atoms with Crippen molar-refractivity contribution in [2.45, 2.75) is 57.6 Å². The van der Waals surface area contributed by atoms with Crippen LogP contribution in [0.2, 0.25) is 0 Å². The van der Waals surface area contributed by atoms with Gasteiger partial charge < -0.3 is 18.9 Å². The first-order valence-electron chi connectivity index (χ1n) is 16.5. The Labute approximate surface area is 305 Å². The fourth-order valence-electron chi connectivity index (χ4n) is 6.45. The summed E-state index contributed by atoms with van der Waals surface area (Å²) in [5.74, 6) is -1.76. The number of nitrogens with one attached hydrogen (secondary N) is 1. The van der Waals surface area contributed by atoms with Crippen molar-refractivity contribution in [3.8, 4) is 11.5 Å². The molecule has 8 nitrogen and oxygen atoms in total. The van der Waals surface area contributed by atoms with Crippen LogP contribution in [-0.2, 0) is 20.8 Å². The molecule has 272 valence electrons. The Morgan fingerprint density at radius 3 is 2.39 bits per heavy atom. The SMILES string of the molecule is C=C(Cl)/C(C[C@H](OC(=O)c1cccc(CNC(C(=O)O[C@H]2CN3CCC2CC3)c2ccccc2F)c1)c1ccc(OC(F)F)c(OC)c1)=C(\C)Cl. The van der Waals surface area contributed by atoms with E-state index < -0.39 is 36.5 Å². The Kier molecular flexibility index (Phi) is 13.1. The number of fused-ring (bicyclic) bond motifs is 3. The summed E-state index contributed by atoms with van der Waals surface area (Å²) in [5.41, 5.74) is 1.76. The molecule has 3 aromatic rings. The number of rotatable bonds is 15. The number of carbonyl (C=O) groups excluding carboxylic acids is 2. The predicted octanol–water partition coefficient (Wildman–Crippen LogP) is 8.46. The minimum Gasteiger partial charge on any atom is -0.493 e. The highest BCUT2D eigenvalue weighted by molar-refractivity contribution is 6.35. The Balaban J connectivity index is 1.35. The summed E-state index contributed by atoms with van der Waals surface area (Å²) >= 11 is 12.5. The van der Waals surface area contributed by atoms with E-state index in [1.807, 2.05) is 0 Å². The number of nitrogens with zero attached hydrogens (tertiary/aromatic N) is 1. The molecule has 2 bridgehead atoms. The fraction of sp³-hybridized carbons (Fsp3) is 0.368. The normalized spacial score (nSPS) is 19.9. The second kappa shape index (κ2) is 17.5. The van der Waals surface area contributed by atoms with Gasteiger partial charge in [0, 0.05) is 35.1 Å². The van der Waals surface area contributed by atoms with Crippen LogP contribution in [0.4, 0.5) is 13.2 Å². The van der Waals surface area contributed by atoms with Gasteiger partial charge in [-0.25, -0.2) is 14.0 Å². The van der Waals surface area contributed by atoms with E-state index in [9.17, 15) is 18.4 Å². The van der Waals surface area contributed by atoms with Crippen LogP contribution in [0.3, 0.4) is 0 Å². The van der Waals surface area contributed by atoms with Gasteiger partial charge in [-0.15, -0.1) is 0 Å². The molecule has 3 fully saturated rings. The molecular weight excluding hydrogens is 708 g/mol. The van der Waals surface area contributed by atoms with E-state index in [1.165, 1.54) is 31.4 Å². The molecule has 0 saturated carbocycles. The molecule has 3 aromatic carbocycles. The molecule has 1 N–H and O–H groups in total. The first-order valence-corrected chi connectivity index (χ1v) is 17.2. The average molecular weight is 748 g/mol.